The number of carbonyl (C=O) groups is 1. The Morgan fingerprint density at radius 2 is 2.17 bits per heavy atom. The van der Waals surface area contributed by atoms with Crippen LogP contribution in [0, 0.1) is 10.1 Å². The van der Waals surface area contributed by atoms with Gasteiger partial charge in [-0.3, -0.25) is 4.79 Å². The Bertz CT molecular complexity index is 486. The molecule has 0 saturated heterocycles. The topological polar surface area (TPSA) is 85.1 Å². The van der Waals surface area contributed by atoms with Gasteiger partial charge in [0.05, 0.1) is 10.0 Å². The molecule has 0 aromatic carbocycles. The molecule has 1 aliphatic carbocycles. The highest BCUT2D eigenvalue weighted by atomic mass is 79.9. The summed E-state index contributed by atoms with van der Waals surface area (Å²) in [5.74, 6) is -0.617. The van der Waals surface area contributed by atoms with Crippen molar-refractivity contribution in [2.75, 3.05) is 0 Å². The van der Waals surface area contributed by atoms with Crippen molar-refractivity contribution in [1.29, 1.82) is 0 Å². The number of aromatic nitrogens is 1. The maximum atomic E-state index is 12.0. The molecule has 6 nitrogen and oxygen atoms in total. The summed E-state index contributed by atoms with van der Waals surface area (Å²) in [4.78, 5) is 25.6. The molecular weight excluding hydrogens is 302 g/mol. The van der Waals surface area contributed by atoms with E-state index in [2.05, 4.69) is 26.2 Å². The van der Waals surface area contributed by atoms with Gasteiger partial charge in [-0.05, 0) is 38.7 Å². The summed E-state index contributed by atoms with van der Waals surface area (Å²) in [5.41, 5.74) is 0.253. The minimum atomic E-state index is -0.612. The maximum Gasteiger partial charge on any atom is 0.364 e. The SMILES string of the molecule is O=C(NC1CCCC1)c1cc([N+](=O)[O-])ncc1Br. The first-order valence-electron chi connectivity index (χ1n) is 5.68. The van der Waals surface area contributed by atoms with Crippen LogP contribution in [0.1, 0.15) is 36.0 Å². The molecule has 1 aromatic rings. The summed E-state index contributed by atoms with van der Waals surface area (Å²) in [6.07, 6.45) is 5.44. The van der Waals surface area contributed by atoms with E-state index in [9.17, 15) is 14.9 Å². The van der Waals surface area contributed by atoms with E-state index in [-0.39, 0.29) is 23.3 Å². The fraction of sp³-hybridized carbons (Fsp3) is 0.455. The molecule has 0 spiro atoms. The number of halogens is 1. The van der Waals surface area contributed by atoms with Crippen molar-refractivity contribution in [2.24, 2.45) is 0 Å². The molecule has 96 valence electrons. The van der Waals surface area contributed by atoms with E-state index < -0.39 is 4.92 Å². The average Bonchev–Trinajstić information content (AvgIpc) is 2.81. The molecule has 0 atom stereocenters. The van der Waals surface area contributed by atoms with Crippen molar-refractivity contribution < 1.29 is 9.72 Å². The number of carbonyl (C=O) groups excluding carboxylic acids is 1. The number of nitrogens with one attached hydrogen (secondary N) is 1. The van der Waals surface area contributed by atoms with Crippen LogP contribution >= 0.6 is 15.9 Å². The lowest BCUT2D eigenvalue weighted by Gasteiger charge is -2.12. The van der Waals surface area contributed by atoms with E-state index in [1.165, 1.54) is 12.3 Å². The molecule has 1 fully saturated rings. The van der Waals surface area contributed by atoms with Crippen LogP contribution in [-0.2, 0) is 0 Å². The van der Waals surface area contributed by atoms with Gasteiger partial charge in [0.1, 0.15) is 0 Å². The highest BCUT2D eigenvalue weighted by molar-refractivity contribution is 9.10. The Balaban J connectivity index is 2.17. The predicted molar refractivity (Wildman–Crippen MR) is 68.3 cm³/mol. The van der Waals surface area contributed by atoms with E-state index in [0.717, 1.165) is 25.7 Å². The first-order chi connectivity index (χ1) is 8.58. The van der Waals surface area contributed by atoms with Crippen LogP contribution in [0.15, 0.2) is 16.7 Å². The second kappa shape index (κ2) is 5.43. The molecule has 0 radical (unpaired) electrons. The molecule has 1 aliphatic rings. The maximum absolute atomic E-state index is 12.0. The molecule has 1 saturated carbocycles. The number of nitro groups is 1. The van der Waals surface area contributed by atoms with Crippen molar-refractivity contribution >= 4 is 27.7 Å². The lowest BCUT2D eigenvalue weighted by molar-refractivity contribution is -0.389. The summed E-state index contributed by atoms with van der Waals surface area (Å²) in [5, 5.41) is 13.5. The zero-order valence-corrected chi connectivity index (χ0v) is 11.1. The van der Waals surface area contributed by atoms with Gasteiger partial charge in [0.2, 0.25) is 0 Å². The zero-order valence-electron chi connectivity index (χ0n) is 9.56. The zero-order chi connectivity index (χ0) is 13.1. The van der Waals surface area contributed by atoms with Gasteiger partial charge in [0.25, 0.3) is 5.91 Å². The van der Waals surface area contributed by atoms with Crippen LogP contribution < -0.4 is 5.32 Å². The lowest BCUT2D eigenvalue weighted by atomic mass is 10.2. The van der Waals surface area contributed by atoms with Gasteiger partial charge in [-0.25, -0.2) is 0 Å². The Kier molecular flexibility index (Phi) is 3.90. The fourth-order valence-electron chi connectivity index (χ4n) is 2.03. The highest BCUT2D eigenvalue weighted by Crippen LogP contribution is 2.22. The molecule has 1 heterocycles. The summed E-state index contributed by atoms with van der Waals surface area (Å²) in [6, 6.07) is 1.37. The number of rotatable bonds is 3. The molecule has 1 aromatic heterocycles. The third kappa shape index (κ3) is 2.84. The third-order valence-corrected chi connectivity index (χ3v) is 3.59. The smallest absolute Gasteiger partial charge is 0.358 e. The van der Waals surface area contributed by atoms with E-state index in [1.807, 2.05) is 0 Å². The van der Waals surface area contributed by atoms with Crippen molar-refractivity contribution in [3.05, 3.63) is 32.4 Å². The number of amides is 1. The monoisotopic (exact) mass is 313 g/mol. The Morgan fingerprint density at radius 3 is 2.78 bits per heavy atom. The largest absolute Gasteiger partial charge is 0.364 e. The predicted octanol–water partition coefficient (Wildman–Crippen LogP) is 2.42. The minimum absolute atomic E-state index is 0.177. The van der Waals surface area contributed by atoms with E-state index >= 15 is 0 Å². The van der Waals surface area contributed by atoms with E-state index in [1.54, 1.807) is 0 Å². The number of hydrogen-bond donors (Lipinski definition) is 1. The first kappa shape index (κ1) is 12.9. The number of hydrogen-bond acceptors (Lipinski definition) is 4. The van der Waals surface area contributed by atoms with Crippen molar-refractivity contribution in [3.8, 4) is 0 Å². The molecule has 0 aliphatic heterocycles. The number of pyridine rings is 1. The average molecular weight is 314 g/mol. The lowest BCUT2D eigenvalue weighted by Crippen LogP contribution is -2.32. The molecule has 0 bridgehead atoms. The minimum Gasteiger partial charge on any atom is -0.358 e. The molecule has 18 heavy (non-hydrogen) atoms. The second-order valence-corrected chi connectivity index (χ2v) is 5.09. The molecule has 0 unspecified atom stereocenters. The molecule has 7 heteroatoms. The van der Waals surface area contributed by atoms with Gasteiger partial charge in [-0.1, -0.05) is 12.8 Å². The molecule has 1 amide bonds. The summed E-state index contributed by atoms with van der Waals surface area (Å²) >= 11 is 3.18. The summed E-state index contributed by atoms with van der Waals surface area (Å²) in [7, 11) is 0. The van der Waals surface area contributed by atoms with Crippen LogP contribution in [0.25, 0.3) is 0 Å². The third-order valence-electron chi connectivity index (χ3n) is 2.96. The molecule has 2 rings (SSSR count). The van der Waals surface area contributed by atoms with Crippen LogP contribution in [-0.4, -0.2) is 21.9 Å². The molecular formula is C11H12BrN3O3. The number of nitrogens with zero attached hydrogens (tertiary/aromatic N) is 2. The van der Waals surface area contributed by atoms with Gasteiger partial charge < -0.3 is 15.4 Å². The molecule has 1 N–H and O–H groups in total. The first-order valence-corrected chi connectivity index (χ1v) is 6.48. The van der Waals surface area contributed by atoms with Gasteiger partial charge in [-0.15, -0.1) is 0 Å². The van der Waals surface area contributed by atoms with Crippen LogP contribution in [0.2, 0.25) is 0 Å². The van der Waals surface area contributed by atoms with E-state index in [4.69, 9.17) is 0 Å². The Labute approximate surface area is 112 Å². The highest BCUT2D eigenvalue weighted by Gasteiger charge is 2.21. The van der Waals surface area contributed by atoms with Crippen LogP contribution in [0.4, 0.5) is 5.82 Å². The fourth-order valence-corrected chi connectivity index (χ4v) is 2.43. The van der Waals surface area contributed by atoms with Gasteiger partial charge in [-0.2, -0.15) is 0 Å². The van der Waals surface area contributed by atoms with Crippen LogP contribution in [0.3, 0.4) is 0 Å². The second-order valence-electron chi connectivity index (χ2n) is 4.23. The summed E-state index contributed by atoms with van der Waals surface area (Å²) < 4.78 is 0.462. The summed E-state index contributed by atoms with van der Waals surface area (Å²) in [6.45, 7) is 0. The van der Waals surface area contributed by atoms with Gasteiger partial charge in [0, 0.05) is 12.1 Å². The van der Waals surface area contributed by atoms with Gasteiger partial charge >= 0.3 is 5.82 Å². The van der Waals surface area contributed by atoms with Crippen LogP contribution in [0.5, 0.6) is 0 Å². The normalized spacial score (nSPS) is 15.6. The van der Waals surface area contributed by atoms with E-state index in [0.29, 0.717) is 4.47 Å². The Hall–Kier alpha value is -1.50. The Morgan fingerprint density at radius 1 is 1.50 bits per heavy atom. The van der Waals surface area contributed by atoms with Crippen molar-refractivity contribution in [1.82, 2.24) is 10.3 Å². The van der Waals surface area contributed by atoms with Gasteiger partial charge in [0.15, 0.2) is 6.20 Å². The standard InChI is InChI=1S/C11H12BrN3O3/c12-9-6-13-10(15(17)18)5-8(9)11(16)14-7-3-1-2-4-7/h5-7H,1-4H2,(H,14,16). The van der Waals surface area contributed by atoms with Crippen molar-refractivity contribution in [3.63, 3.8) is 0 Å². The van der Waals surface area contributed by atoms with Crippen molar-refractivity contribution in [2.45, 2.75) is 31.7 Å². The quantitative estimate of drug-likeness (QED) is 0.686.